The topological polar surface area (TPSA) is 12.0 Å². The second-order valence-electron chi connectivity index (χ2n) is 5.48. The lowest BCUT2D eigenvalue weighted by Gasteiger charge is -2.34. The number of hydrogen-bond donors (Lipinski definition) is 1. The van der Waals surface area contributed by atoms with Crippen LogP contribution in [0.3, 0.4) is 0 Å². The molecule has 0 saturated heterocycles. The highest BCUT2D eigenvalue weighted by Gasteiger charge is 2.24. The average molecular weight is 229 g/mol. The van der Waals surface area contributed by atoms with Crippen LogP contribution in [0, 0.1) is 11.8 Å². The van der Waals surface area contributed by atoms with Crippen molar-refractivity contribution in [2.75, 3.05) is 11.5 Å². The van der Waals surface area contributed by atoms with Gasteiger partial charge < -0.3 is 5.32 Å². The van der Waals surface area contributed by atoms with Gasteiger partial charge in [0.1, 0.15) is 0 Å². The Hall–Kier alpha value is 0.310. The van der Waals surface area contributed by atoms with Crippen LogP contribution in [0.2, 0.25) is 0 Å². The zero-order chi connectivity index (χ0) is 11.3. The van der Waals surface area contributed by atoms with Gasteiger partial charge in [-0.3, -0.25) is 0 Å². The van der Waals surface area contributed by atoms with E-state index in [1.54, 1.807) is 0 Å². The summed E-state index contributed by atoms with van der Waals surface area (Å²) in [5.41, 5.74) is 0. The van der Waals surface area contributed by atoms with E-state index in [4.69, 9.17) is 0 Å². The first-order valence-corrected chi connectivity index (χ1v) is 7.59. The Morgan fingerprint density at radius 3 is 2.27 bits per heavy atom. The van der Waals surface area contributed by atoms with Crippen LogP contribution in [-0.2, 0) is 0 Å². The molecule has 0 aromatic rings. The summed E-state index contributed by atoms with van der Waals surface area (Å²) in [4.78, 5) is 0. The minimum Gasteiger partial charge on any atom is -0.311 e. The largest absolute Gasteiger partial charge is 0.311 e. The Morgan fingerprint density at radius 2 is 1.80 bits per heavy atom. The Labute approximate surface area is 99.8 Å². The van der Waals surface area contributed by atoms with Gasteiger partial charge in [-0.2, -0.15) is 11.8 Å². The van der Waals surface area contributed by atoms with Crippen LogP contribution in [0.4, 0.5) is 0 Å². The van der Waals surface area contributed by atoms with Crippen molar-refractivity contribution in [2.24, 2.45) is 11.8 Å². The molecule has 2 heteroatoms. The number of nitrogens with one attached hydrogen (secondary N) is 1. The fourth-order valence-electron chi connectivity index (χ4n) is 2.05. The number of hydrogen-bond acceptors (Lipinski definition) is 2. The molecule has 0 heterocycles. The van der Waals surface area contributed by atoms with Crippen molar-refractivity contribution in [1.29, 1.82) is 0 Å². The molecule has 0 radical (unpaired) electrons. The van der Waals surface area contributed by atoms with Crippen molar-refractivity contribution < 1.29 is 0 Å². The van der Waals surface area contributed by atoms with Crippen molar-refractivity contribution in [3.63, 3.8) is 0 Å². The van der Waals surface area contributed by atoms with E-state index >= 15 is 0 Å². The van der Waals surface area contributed by atoms with E-state index < -0.39 is 0 Å². The van der Waals surface area contributed by atoms with Gasteiger partial charge in [-0.25, -0.2) is 0 Å². The van der Waals surface area contributed by atoms with Gasteiger partial charge in [0.05, 0.1) is 0 Å². The fraction of sp³-hybridized carbons (Fsp3) is 1.00. The first kappa shape index (κ1) is 13.4. The third-order valence-corrected chi connectivity index (χ3v) is 4.86. The van der Waals surface area contributed by atoms with E-state index in [1.807, 2.05) is 0 Å². The average Bonchev–Trinajstić information content (AvgIpc) is 1.98. The molecule has 0 amide bonds. The van der Waals surface area contributed by atoms with Crippen LogP contribution < -0.4 is 5.32 Å². The summed E-state index contributed by atoms with van der Waals surface area (Å²) in [6, 6.07) is 1.40. The Bertz CT molecular complexity index is 166. The second-order valence-corrected chi connectivity index (χ2v) is 6.55. The number of rotatable bonds is 7. The van der Waals surface area contributed by atoms with Crippen LogP contribution in [0.15, 0.2) is 0 Å². The summed E-state index contributed by atoms with van der Waals surface area (Å²) in [5, 5.41) is 3.73. The summed E-state index contributed by atoms with van der Waals surface area (Å²) in [7, 11) is 0. The molecule has 1 rings (SSSR count). The molecule has 0 aromatic heterocycles. The highest BCUT2D eigenvalue weighted by Crippen LogP contribution is 2.29. The smallest absolute Gasteiger partial charge is 0.0132 e. The Kier molecular flexibility index (Phi) is 6.06. The van der Waals surface area contributed by atoms with Crippen LogP contribution in [-0.4, -0.2) is 23.6 Å². The van der Waals surface area contributed by atoms with Crippen molar-refractivity contribution in [3.05, 3.63) is 0 Å². The first-order chi connectivity index (χ1) is 7.09. The van der Waals surface area contributed by atoms with Gasteiger partial charge in [-0.15, -0.1) is 0 Å². The maximum absolute atomic E-state index is 3.73. The highest BCUT2D eigenvalue weighted by molar-refractivity contribution is 7.99. The van der Waals surface area contributed by atoms with Crippen LogP contribution in [0.1, 0.15) is 47.0 Å². The van der Waals surface area contributed by atoms with E-state index in [1.165, 1.54) is 30.8 Å². The van der Waals surface area contributed by atoms with Gasteiger partial charge >= 0.3 is 0 Å². The molecule has 0 aliphatic heterocycles. The van der Waals surface area contributed by atoms with Crippen molar-refractivity contribution in [1.82, 2.24) is 5.32 Å². The maximum Gasteiger partial charge on any atom is 0.0132 e. The Balaban J connectivity index is 2.03. The molecule has 1 aliphatic rings. The molecule has 15 heavy (non-hydrogen) atoms. The quantitative estimate of drug-likeness (QED) is 0.716. The van der Waals surface area contributed by atoms with Crippen molar-refractivity contribution in [2.45, 2.75) is 59.0 Å². The summed E-state index contributed by atoms with van der Waals surface area (Å²) >= 11 is 2.09. The van der Waals surface area contributed by atoms with Crippen LogP contribution in [0.5, 0.6) is 0 Å². The van der Waals surface area contributed by atoms with Crippen molar-refractivity contribution >= 4 is 11.8 Å². The molecule has 1 fully saturated rings. The predicted octanol–water partition coefficient (Wildman–Crippen LogP) is 3.54. The molecule has 0 aromatic carbocycles. The van der Waals surface area contributed by atoms with Gasteiger partial charge in [-0.1, -0.05) is 20.3 Å². The van der Waals surface area contributed by atoms with Gasteiger partial charge in [-0.05, 0) is 44.3 Å². The molecule has 0 spiro atoms. The van der Waals surface area contributed by atoms with Crippen LogP contribution >= 0.6 is 11.8 Å². The summed E-state index contributed by atoms with van der Waals surface area (Å²) < 4.78 is 0. The Morgan fingerprint density at radius 1 is 1.13 bits per heavy atom. The van der Waals surface area contributed by atoms with E-state index in [2.05, 4.69) is 44.8 Å². The zero-order valence-electron chi connectivity index (χ0n) is 10.8. The van der Waals surface area contributed by atoms with Gasteiger partial charge in [0.2, 0.25) is 0 Å². The first-order valence-electron chi connectivity index (χ1n) is 6.43. The number of thioether (sulfide) groups is 1. The zero-order valence-corrected chi connectivity index (χ0v) is 11.6. The fourth-order valence-corrected chi connectivity index (χ4v) is 3.11. The predicted molar refractivity (Wildman–Crippen MR) is 71.6 cm³/mol. The van der Waals surface area contributed by atoms with E-state index in [9.17, 15) is 0 Å². The monoisotopic (exact) mass is 229 g/mol. The minimum absolute atomic E-state index is 0.671. The molecule has 1 saturated carbocycles. The lowest BCUT2D eigenvalue weighted by atomic mass is 9.80. The van der Waals surface area contributed by atoms with Gasteiger partial charge in [0.25, 0.3) is 0 Å². The van der Waals surface area contributed by atoms with Gasteiger partial charge in [0, 0.05) is 17.8 Å². The van der Waals surface area contributed by atoms with E-state index in [-0.39, 0.29) is 0 Å². The van der Waals surface area contributed by atoms with E-state index in [0.29, 0.717) is 6.04 Å². The normalized spacial score (nSPS) is 21.4. The summed E-state index contributed by atoms with van der Waals surface area (Å²) in [6.07, 6.45) is 4.34. The maximum atomic E-state index is 3.73. The highest BCUT2D eigenvalue weighted by atomic mass is 32.2. The molecular formula is C13H27NS. The standard InChI is InChI=1S/C13H27NS/c1-10(2)8-15-9-11(3)14-12(4)13-6-5-7-13/h10-14H,5-9H2,1-4H3. The van der Waals surface area contributed by atoms with Crippen LogP contribution in [0.25, 0.3) is 0 Å². The lowest BCUT2D eigenvalue weighted by molar-refractivity contribution is 0.233. The van der Waals surface area contributed by atoms with Gasteiger partial charge in [0.15, 0.2) is 0 Å². The van der Waals surface area contributed by atoms with E-state index in [0.717, 1.165) is 17.9 Å². The lowest BCUT2D eigenvalue weighted by Crippen LogP contribution is -2.42. The molecule has 1 nitrogen and oxygen atoms in total. The minimum atomic E-state index is 0.671. The molecular weight excluding hydrogens is 202 g/mol. The summed E-state index contributed by atoms with van der Waals surface area (Å²) in [6.45, 7) is 9.26. The summed E-state index contributed by atoms with van der Waals surface area (Å²) in [5.74, 6) is 4.34. The molecule has 1 N–H and O–H groups in total. The van der Waals surface area contributed by atoms with Crippen molar-refractivity contribution in [3.8, 4) is 0 Å². The third-order valence-electron chi connectivity index (χ3n) is 3.22. The third kappa shape index (κ3) is 5.26. The molecule has 2 atom stereocenters. The second kappa shape index (κ2) is 6.80. The SMILES string of the molecule is CC(C)CSCC(C)NC(C)C1CCC1. The molecule has 2 unspecified atom stereocenters. The molecule has 0 bridgehead atoms. The molecule has 1 aliphatic carbocycles. The molecule has 90 valence electrons.